The van der Waals surface area contributed by atoms with E-state index in [1.54, 1.807) is 6.07 Å². The average molecular weight is 332 g/mol. The molecule has 0 saturated carbocycles. The third kappa shape index (κ3) is 2.36. The van der Waals surface area contributed by atoms with Gasteiger partial charge >= 0.3 is 0 Å². The molecule has 0 aliphatic carbocycles. The standard InChI is InChI=1S/C12H14FIN2/c1-2-3-4-7-16-11-6-5-9(13)8-10(11)12(14)15-16/h5-6,8H,2-4,7H2,1H3. The number of hydrogen-bond donors (Lipinski definition) is 0. The van der Waals surface area contributed by atoms with Crippen LogP contribution in [-0.4, -0.2) is 9.78 Å². The molecular formula is C12H14FIN2. The van der Waals surface area contributed by atoms with Gasteiger partial charge < -0.3 is 0 Å². The number of fused-ring (bicyclic) bond motifs is 1. The van der Waals surface area contributed by atoms with Crippen LogP contribution >= 0.6 is 22.6 Å². The van der Waals surface area contributed by atoms with E-state index in [9.17, 15) is 4.39 Å². The Kier molecular flexibility index (Phi) is 3.78. The summed E-state index contributed by atoms with van der Waals surface area (Å²) < 4.78 is 15.9. The summed E-state index contributed by atoms with van der Waals surface area (Å²) in [7, 11) is 0. The number of halogens is 2. The van der Waals surface area contributed by atoms with E-state index in [4.69, 9.17) is 0 Å². The Morgan fingerprint density at radius 2 is 2.19 bits per heavy atom. The van der Waals surface area contributed by atoms with E-state index >= 15 is 0 Å². The second kappa shape index (κ2) is 5.12. The number of aryl methyl sites for hydroxylation is 1. The zero-order valence-electron chi connectivity index (χ0n) is 9.21. The van der Waals surface area contributed by atoms with Gasteiger partial charge in [0.15, 0.2) is 0 Å². The van der Waals surface area contributed by atoms with Gasteiger partial charge in [-0.1, -0.05) is 19.8 Å². The van der Waals surface area contributed by atoms with Crippen molar-refractivity contribution in [1.82, 2.24) is 9.78 Å². The van der Waals surface area contributed by atoms with E-state index in [0.717, 1.165) is 27.6 Å². The molecule has 0 aliphatic rings. The first-order valence-electron chi connectivity index (χ1n) is 5.54. The molecule has 0 spiro atoms. The summed E-state index contributed by atoms with van der Waals surface area (Å²) in [6.45, 7) is 3.10. The Balaban J connectivity index is 2.32. The summed E-state index contributed by atoms with van der Waals surface area (Å²) in [5.41, 5.74) is 1.03. The molecule has 0 saturated heterocycles. The Morgan fingerprint density at radius 1 is 1.38 bits per heavy atom. The summed E-state index contributed by atoms with van der Waals surface area (Å²) in [4.78, 5) is 0. The van der Waals surface area contributed by atoms with Gasteiger partial charge in [-0.25, -0.2) is 4.39 Å². The van der Waals surface area contributed by atoms with Crippen molar-refractivity contribution in [1.29, 1.82) is 0 Å². The molecular weight excluding hydrogens is 318 g/mol. The van der Waals surface area contributed by atoms with Crippen molar-refractivity contribution in [3.8, 4) is 0 Å². The first kappa shape index (κ1) is 11.8. The summed E-state index contributed by atoms with van der Waals surface area (Å²) in [5, 5.41) is 5.35. The van der Waals surface area contributed by atoms with Gasteiger partial charge in [-0.3, -0.25) is 4.68 Å². The maximum absolute atomic E-state index is 13.1. The lowest BCUT2D eigenvalue weighted by atomic mass is 10.2. The van der Waals surface area contributed by atoms with Gasteiger partial charge in [0.2, 0.25) is 0 Å². The summed E-state index contributed by atoms with van der Waals surface area (Å²) in [5.74, 6) is -0.196. The molecule has 2 rings (SSSR count). The van der Waals surface area contributed by atoms with Crippen LogP contribution in [0.25, 0.3) is 10.9 Å². The van der Waals surface area contributed by atoms with Crippen molar-refractivity contribution >= 4 is 33.5 Å². The van der Waals surface area contributed by atoms with E-state index in [1.807, 2.05) is 10.7 Å². The van der Waals surface area contributed by atoms with Gasteiger partial charge in [-0.15, -0.1) is 0 Å². The third-order valence-electron chi connectivity index (χ3n) is 2.64. The molecule has 86 valence electrons. The first-order chi connectivity index (χ1) is 7.72. The maximum atomic E-state index is 13.1. The predicted octanol–water partition coefficient (Wildman–Crippen LogP) is 3.97. The minimum absolute atomic E-state index is 0.196. The van der Waals surface area contributed by atoms with Crippen molar-refractivity contribution in [3.05, 3.63) is 27.7 Å². The van der Waals surface area contributed by atoms with Crippen LogP contribution in [0.4, 0.5) is 4.39 Å². The molecule has 1 aromatic heterocycles. The lowest BCUT2D eigenvalue weighted by molar-refractivity contribution is 0.564. The molecule has 1 aromatic carbocycles. The zero-order valence-corrected chi connectivity index (χ0v) is 11.4. The molecule has 0 fully saturated rings. The summed E-state index contributed by atoms with van der Waals surface area (Å²) in [6.07, 6.45) is 3.53. The maximum Gasteiger partial charge on any atom is 0.131 e. The number of benzene rings is 1. The minimum Gasteiger partial charge on any atom is -0.264 e. The number of rotatable bonds is 4. The van der Waals surface area contributed by atoms with Crippen LogP contribution < -0.4 is 0 Å². The van der Waals surface area contributed by atoms with Crippen LogP contribution in [0.2, 0.25) is 0 Å². The zero-order chi connectivity index (χ0) is 11.5. The molecule has 0 aliphatic heterocycles. The van der Waals surface area contributed by atoms with E-state index in [1.165, 1.54) is 18.9 Å². The Morgan fingerprint density at radius 3 is 2.94 bits per heavy atom. The molecule has 0 atom stereocenters. The van der Waals surface area contributed by atoms with Gasteiger partial charge in [0.05, 0.1) is 5.52 Å². The van der Waals surface area contributed by atoms with Crippen LogP contribution in [0.1, 0.15) is 26.2 Å². The Hall–Kier alpha value is -0.650. The molecule has 16 heavy (non-hydrogen) atoms. The van der Waals surface area contributed by atoms with Gasteiger partial charge in [-0.2, -0.15) is 5.10 Å². The normalized spacial score (nSPS) is 11.2. The van der Waals surface area contributed by atoms with Gasteiger partial charge in [-0.05, 0) is 47.2 Å². The van der Waals surface area contributed by atoms with Crippen molar-refractivity contribution in [2.24, 2.45) is 0 Å². The minimum atomic E-state index is -0.196. The Bertz CT molecular complexity index is 493. The molecule has 1 heterocycles. The highest BCUT2D eigenvalue weighted by Crippen LogP contribution is 2.21. The molecule has 0 unspecified atom stereocenters. The van der Waals surface area contributed by atoms with E-state index in [2.05, 4.69) is 34.6 Å². The predicted molar refractivity (Wildman–Crippen MR) is 71.9 cm³/mol. The molecule has 0 amide bonds. The second-order valence-corrected chi connectivity index (χ2v) is 4.90. The number of nitrogens with zero attached hydrogens (tertiary/aromatic N) is 2. The fraction of sp³-hybridized carbons (Fsp3) is 0.417. The molecule has 0 radical (unpaired) electrons. The van der Waals surface area contributed by atoms with Crippen molar-refractivity contribution in [3.63, 3.8) is 0 Å². The largest absolute Gasteiger partial charge is 0.264 e. The van der Waals surface area contributed by atoms with Crippen LogP contribution in [0.5, 0.6) is 0 Å². The van der Waals surface area contributed by atoms with Gasteiger partial charge in [0.25, 0.3) is 0 Å². The van der Waals surface area contributed by atoms with Gasteiger partial charge in [0.1, 0.15) is 9.52 Å². The first-order valence-corrected chi connectivity index (χ1v) is 6.62. The van der Waals surface area contributed by atoms with Crippen LogP contribution in [0, 0.1) is 9.52 Å². The smallest absolute Gasteiger partial charge is 0.131 e. The summed E-state index contributed by atoms with van der Waals surface area (Å²) in [6, 6.07) is 4.86. The van der Waals surface area contributed by atoms with Crippen molar-refractivity contribution in [2.45, 2.75) is 32.7 Å². The van der Waals surface area contributed by atoms with E-state index in [-0.39, 0.29) is 5.82 Å². The topological polar surface area (TPSA) is 17.8 Å². The second-order valence-electron chi connectivity index (χ2n) is 3.88. The fourth-order valence-corrected chi connectivity index (χ4v) is 2.49. The van der Waals surface area contributed by atoms with Crippen LogP contribution in [-0.2, 0) is 6.54 Å². The highest BCUT2D eigenvalue weighted by Gasteiger charge is 2.08. The molecule has 0 bridgehead atoms. The van der Waals surface area contributed by atoms with E-state index in [0.29, 0.717) is 0 Å². The number of aromatic nitrogens is 2. The number of hydrogen-bond acceptors (Lipinski definition) is 1. The lowest BCUT2D eigenvalue weighted by Gasteiger charge is -2.02. The third-order valence-corrected chi connectivity index (χ3v) is 3.44. The molecule has 2 aromatic rings. The monoisotopic (exact) mass is 332 g/mol. The highest BCUT2D eigenvalue weighted by atomic mass is 127. The number of unbranched alkanes of at least 4 members (excludes halogenated alkanes) is 2. The lowest BCUT2D eigenvalue weighted by Crippen LogP contribution is -1.99. The SMILES string of the molecule is CCCCCn1nc(I)c2cc(F)ccc21. The fourth-order valence-electron chi connectivity index (χ4n) is 1.79. The molecule has 0 N–H and O–H groups in total. The quantitative estimate of drug-likeness (QED) is 0.612. The average Bonchev–Trinajstić information content (AvgIpc) is 2.56. The van der Waals surface area contributed by atoms with Crippen LogP contribution in [0.3, 0.4) is 0 Å². The molecule has 2 nitrogen and oxygen atoms in total. The molecule has 4 heteroatoms. The Labute approximate surface area is 108 Å². The highest BCUT2D eigenvalue weighted by molar-refractivity contribution is 14.1. The van der Waals surface area contributed by atoms with Crippen molar-refractivity contribution in [2.75, 3.05) is 0 Å². The van der Waals surface area contributed by atoms with Crippen LogP contribution in [0.15, 0.2) is 18.2 Å². The van der Waals surface area contributed by atoms with E-state index < -0.39 is 0 Å². The van der Waals surface area contributed by atoms with Crippen molar-refractivity contribution < 1.29 is 4.39 Å². The summed E-state index contributed by atoms with van der Waals surface area (Å²) >= 11 is 2.16. The van der Waals surface area contributed by atoms with Gasteiger partial charge in [0, 0.05) is 11.9 Å².